The van der Waals surface area contributed by atoms with Crippen LogP contribution in [0.15, 0.2) is 12.7 Å². The summed E-state index contributed by atoms with van der Waals surface area (Å²) in [5, 5.41) is 0. The monoisotopic (exact) mass is 379 g/mol. The molecule has 0 saturated carbocycles. The van der Waals surface area contributed by atoms with E-state index in [0.717, 1.165) is 6.42 Å². The van der Waals surface area contributed by atoms with Crippen molar-refractivity contribution < 1.29 is 0 Å². The van der Waals surface area contributed by atoms with Crippen LogP contribution >= 0.6 is 0 Å². The van der Waals surface area contributed by atoms with Gasteiger partial charge in [0.05, 0.1) is 0 Å². The fourth-order valence-electron chi connectivity index (χ4n) is 4.44. The molecule has 0 aliphatic carbocycles. The van der Waals surface area contributed by atoms with Gasteiger partial charge in [0.15, 0.2) is 0 Å². The number of unbranched alkanes of at least 4 members (excludes halogenated alkanes) is 12. The van der Waals surface area contributed by atoms with Crippen LogP contribution in [0.3, 0.4) is 0 Å². The zero-order chi connectivity index (χ0) is 20.2. The lowest BCUT2D eigenvalue weighted by Crippen LogP contribution is -2.47. The van der Waals surface area contributed by atoms with Crippen LogP contribution in [-0.4, -0.2) is 5.54 Å². The van der Waals surface area contributed by atoms with Crippen molar-refractivity contribution >= 4 is 0 Å². The van der Waals surface area contributed by atoms with Gasteiger partial charge in [-0.1, -0.05) is 123 Å². The van der Waals surface area contributed by atoms with Crippen LogP contribution in [0.2, 0.25) is 0 Å². The summed E-state index contributed by atoms with van der Waals surface area (Å²) in [5.41, 5.74) is 7.02. The van der Waals surface area contributed by atoms with E-state index in [2.05, 4.69) is 33.4 Å². The predicted octanol–water partition coefficient (Wildman–Crippen LogP) is 8.96. The maximum Gasteiger partial charge on any atom is 0.0185 e. The van der Waals surface area contributed by atoms with Gasteiger partial charge in [-0.05, 0) is 31.6 Å². The zero-order valence-electron chi connectivity index (χ0n) is 19.4. The fourth-order valence-corrected chi connectivity index (χ4v) is 4.44. The molecule has 2 N–H and O–H groups in total. The molecule has 0 rings (SSSR count). The molecule has 0 heterocycles. The van der Waals surface area contributed by atoms with E-state index in [1.165, 1.54) is 116 Å². The Balaban J connectivity index is 4.05. The second kappa shape index (κ2) is 19.0. The molecule has 1 unspecified atom stereocenters. The van der Waals surface area contributed by atoms with Crippen molar-refractivity contribution in [2.75, 3.05) is 0 Å². The minimum atomic E-state index is 0.0404. The molecule has 162 valence electrons. The lowest BCUT2D eigenvalue weighted by atomic mass is 9.73. The Labute approximate surface area is 173 Å². The molecular weight excluding hydrogens is 326 g/mol. The Bertz CT molecular complexity index is 301. The van der Waals surface area contributed by atoms with Crippen molar-refractivity contribution in [3.8, 4) is 0 Å². The van der Waals surface area contributed by atoms with Crippen LogP contribution in [-0.2, 0) is 0 Å². The SMILES string of the molecule is C=CCC(CCCCCCCCCCCCC)C(N)(CCCC)CCCC. The molecule has 0 aromatic heterocycles. The van der Waals surface area contributed by atoms with Crippen molar-refractivity contribution in [3.05, 3.63) is 12.7 Å². The van der Waals surface area contributed by atoms with Gasteiger partial charge in [-0.2, -0.15) is 0 Å². The molecule has 0 saturated heterocycles. The highest BCUT2D eigenvalue weighted by Crippen LogP contribution is 2.33. The maximum absolute atomic E-state index is 6.98. The lowest BCUT2D eigenvalue weighted by Gasteiger charge is -2.38. The molecular formula is C26H53N. The van der Waals surface area contributed by atoms with E-state index < -0.39 is 0 Å². The van der Waals surface area contributed by atoms with E-state index in [9.17, 15) is 0 Å². The Hall–Kier alpha value is -0.300. The minimum Gasteiger partial charge on any atom is -0.325 e. The molecule has 0 radical (unpaired) electrons. The van der Waals surface area contributed by atoms with Gasteiger partial charge < -0.3 is 5.73 Å². The third kappa shape index (κ3) is 14.4. The van der Waals surface area contributed by atoms with Gasteiger partial charge in [-0.3, -0.25) is 0 Å². The lowest BCUT2D eigenvalue weighted by molar-refractivity contribution is 0.208. The summed E-state index contributed by atoms with van der Waals surface area (Å²) < 4.78 is 0. The van der Waals surface area contributed by atoms with E-state index >= 15 is 0 Å². The first-order valence-corrected chi connectivity index (χ1v) is 12.5. The first-order chi connectivity index (χ1) is 13.1. The molecule has 1 nitrogen and oxygen atoms in total. The van der Waals surface area contributed by atoms with Gasteiger partial charge in [0.1, 0.15) is 0 Å². The van der Waals surface area contributed by atoms with Crippen LogP contribution < -0.4 is 5.73 Å². The highest BCUT2D eigenvalue weighted by atomic mass is 14.8. The van der Waals surface area contributed by atoms with Crippen LogP contribution in [0.1, 0.15) is 143 Å². The molecule has 0 spiro atoms. The van der Waals surface area contributed by atoms with Gasteiger partial charge in [0.25, 0.3) is 0 Å². The number of hydrogen-bond acceptors (Lipinski definition) is 1. The average Bonchev–Trinajstić information content (AvgIpc) is 2.68. The number of allylic oxidation sites excluding steroid dienone is 1. The van der Waals surface area contributed by atoms with E-state index in [1.54, 1.807) is 0 Å². The van der Waals surface area contributed by atoms with Crippen LogP contribution in [0, 0.1) is 5.92 Å². The summed E-state index contributed by atoms with van der Waals surface area (Å²) in [4.78, 5) is 0. The first-order valence-electron chi connectivity index (χ1n) is 12.5. The largest absolute Gasteiger partial charge is 0.325 e. The fraction of sp³-hybridized carbons (Fsp3) is 0.923. The first kappa shape index (κ1) is 26.7. The second-order valence-corrected chi connectivity index (χ2v) is 8.99. The molecule has 0 fully saturated rings. The smallest absolute Gasteiger partial charge is 0.0185 e. The third-order valence-corrected chi connectivity index (χ3v) is 6.41. The highest BCUT2D eigenvalue weighted by molar-refractivity contribution is 4.94. The number of rotatable bonds is 21. The van der Waals surface area contributed by atoms with Crippen LogP contribution in [0.4, 0.5) is 0 Å². The summed E-state index contributed by atoms with van der Waals surface area (Å²) in [7, 11) is 0. The average molecular weight is 380 g/mol. The van der Waals surface area contributed by atoms with Gasteiger partial charge in [0.2, 0.25) is 0 Å². The van der Waals surface area contributed by atoms with Gasteiger partial charge in [-0.15, -0.1) is 6.58 Å². The molecule has 0 aliphatic heterocycles. The Morgan fingerprint density at radius 2 is 1.07 bits per heavy atom. The van der Waals surface area contributed by atoms with Crippen molar-refractivity contribution in [1.29, 1.82) is 0 Å². The Kier molecular flexibility index (Phi) is 18.8. The van der Waals surface area contributed by atoms with Crippen LogP contribution in [0.5, 0.6) is 0 Å². The molecule has 0 aliphatic rings. The van der Waals surface area contributed by atoms with E-state index in [4.69, 9.17) is 5.73 Å². The van der Waals surface area contributed by atoms with Crippen LogP contribution in [0.25, 0.3) is 0 Å². The van der Waals surface area contributed by atoms with E-state index in [1.807, 2.05) is 0 Å². The summed E-state index contributed by atoms with van der Waals surface area (Å²) in [5.74, 6) is 0.631. The highest BCUT2D eigenvalue weighted by Gasteiger charge is 2.32. The number of hydrogen-bond donors (Lipinski definition) is 1. The van der Waals surface area contributed by atoms with Crippen molar-refractivity contribution in [1.82, 2.24) is 0 Å². The Morgan fingerprint density at radius 1 is 0.667 bits per heavy atom. The standard InChI is InChI=1S/C26H53N/c1-5-9-12-13-14-15-16-17-18-19-20-22-25(21-8-4)26(27,23-10-6-2)24-11-7-3/h8,25H,4-7,9-24,27H2,1-3H3. The predicted molar refractivity (Wildman–Crippen MR) is 125 cm³/mol. The number of nitrogens with two attached hydrogens (primary N) is 1. The molecule has 0 bridgehead atoms. The summed E-state index contributed by atoms with van der Waals surface area (Å²) in [6, 6.07) is 0. The molecule has 0 amide bonds. The zero-order valence-corrected chi connectivity index (χ0v) is 19.4. The molecule has 1 heteroatoms. The van der Waals surface area contributed by atoms with Crippen molar-refractivity contribution in [3.63, 3.8) is 0 Å². The van der Waals surface area contributed by atoms with Gasteiger partial charge in [-0.25, -0.2) is 0 Å². The maximum atomic E-state index is 6.98. The molecule has 0 aromatic carbocycles. The molecule has 0 aromatic rings. The van der Waals surface area contributed by atoms with Gasteiger partial charge >= 0.3 is 0 Å². The molecule has 27 heavy (non-hydrogen) atoms. The van der Waals surface area contributed by atoms with Crippen molar-refractivity contribution in [2.45, 2.75) is 148 Å². The van der Waals surface area contributed by atoms with E-state index in [-0.39, 0.29) is 5.54 Å². The normalized spacial score (nSPS) is 13.0. The topological polar surface area (TPSA) is 26.0 Å². The third-order valence-electron chi connectivity index (χ3n) is 6.41. The minimum absolute atomic E-state index is 0.0404. The van der Waals surface area contributed by atoms with Gasteiger partial charge in [0, 0.05) is 5.54 Å². The quantitative estimate of drug-likeness (QED) is 0.156. The van der Waals surface area contributed by atoms with Crippen molar-refractivity contribution in [2.24, 2.45) is 11.7 Å². The Morgan fingerprint density at radius 3 is 1.48 bits per heavy atom. The second-order valence-electron chi connectivity index (χ2n) is 8.99. The summed E-state index contributed by atoms with van der Waals surface area (Å²) in [6.07, 6.45) is 27.5. The molecule has 1 atom stereocenters. The van der Waals surface area contributed by atoms with E-state index in [0.29, 0.717) is 5.92 Å². The summed E-state index contributed by atoms with van der Waals surface area (Å²) >= 11 is 0. The summed E-state index contributed by atoms with van der Waals surface area (Å²) in [6.45, 7) is 10.9.